The Bertz CT molecular complexity index is 546. The molecule has 19 heavy (non-hydrogen) atoms. The third kappa shape index (κ3) is 3.69. The van der Waals surface area contributed by atoms with Crippen LogP contribution >= 0.6 is 11.8 Å². The molecule has 0 spiro atoms. The van der Waals surface area contributed by atoms with Crippen molar-refractivity contribution in [2.45, 2.75) is 18.4 Å². The number of thioether (sulfide) groups is 1. The van der Waals surface area contributed by atoms with Crippen LogP contribution in [0.1, 0.15) is 12.1 Å². The molecular weight excluding hydrogens is 256 g/mol. The highest BCUT2D eigenvalue weighted by Crippen LogP contribution is 2.18. The van der Waals surface area contributed by atoms with Crippen LogP contribution in [0.5, 0.6) is 0 Å². The first-order valence-electron chi connectivity index (χ1n) is 6.40. The highest BCUT2D eigenvalue weighted by Gasteiger charge is 2.24. The Hall–Kier alpha value is -1.10. The summed E-state index contributed by atoms with van der Waals surface area (Å²) in [4.78, 5) is 4.62. The lowest BCUT2D eigenvalue weighted by Crippen LogP contribution is -2.46. The van der Waals surface area contributed by atoms with Crippen LogP contribution in [0.2, 0.25) is 0 Å². The van der Waals surface area contributed by atoms with Crippen molar-refractivity contribution in [1.29, 1.82) is 0 Å². The third-order valence-corrected chi connectivity index (χ3v) is 3.92. The third-order valence-electron chi connectivity index (χ3n) is 3.31. The van der Waals surface area contributed by atoms with Crippen molar-refractivity contribution in [2.75, 3.05) is 18.6 Å². The highest BCUT2D eigenvalue weighted by atomic mass is 32.2. The van der Waals surface area contributed by atoms with Crippen LogP contribution in [0, 0.1) is 0 Å². The Kier molecular flexibility index (Phi) is 4.80. The van der Waals surface area contributed by atoms with Gasteiger partial charge in [0.1, 0.15) is 0 Å². The minimum atomic E-state index is -0.571. The number of aliphatic hydroxyl groups is 1. The van der Waals surface area contributed by atoms with Gasteiger partial charge in [-0.15, -0.1) is 0 Å². The van der Waals surface area contributed by atoms with Crippen molar-refractivity contribution in [3.05, 3.63) is 42.1 Å². The van der Waals surface area contributed by atoms with Gasteiger partial charge in [0, 0.05) is 23.0 Å². The molecule has 0 saturated heterocycles. The number of hydrogen-bond acceptors (Lipinski definition) is 4. The Balaban J connectivity index is 2.19. The van der Waals surface area contributed by atoms with Crippen LogP contribution in [0.3, 0.4) is 0 Å². The summed E-state index contributed by atoms with van der Waals surface area (Å²) in [5, 5.41) is 10.7. The normalized spacial score (nSPS) is 14.5. The van der Waals surface area contributed by atoms with Crippen LogP contribution in [-0.4, -0.2) is 34.2 Å². The summed E-state index contributed by atoms with van der Waals surface area (Å²) >= 11 is 1.75. The first kappa shape index (κ1) is 14.3. The number of pyridine rings is 1. The molecule has 1 aromatic carbocycles. The van der Waals surface area contributed by atoms with Crippen molar-refractivity contribution >= 4 is 22.7 Å². The maximum absolute atomic E-state index is 9.52. The Morgan fingerprint density at radius 2 is 2.05 bits per heavy atom. The predicted octanol–water partition coefficient (Wildman–Crippen LogP) is 2.22. The van der Waals surface area contributed by atoms with Crippen LogP contribution < -0.4 is 5.73 Å². The van der Waals surface area contributed by atoms with E-state index in [2.05, 4.69) is 11.1 Å². The Labute approximate surface area is 118 Å². The summed E-state index contributed by atoms with van der Waals surface area (Å²) in [6.07, 6.45) is 3.44. The number of hydrogen-bond donors (Lipinski definition) is 2. The SMILES string of the molecule is CSCC[C@](N)(CO)Cc1ccc2ccccc2n1. The van der Waals surface area contributed by atoms with Gasteiger partial charge in [0.15, 0.2) is 0 Å². The van der Waals surface area contributed by atoms with E-state index in [0.717, 1.165) is 28.8 Å². The number of rotatable bonds is 6. The van der Waals surface area contributed by atoms with Gasteiger partial charge in [-0.1, -0.05) is 24.3 Å². The topological polar surface area (TPSA) is 59.1 Å². The molecule has 0 aliphatic heterocycles. The minimum Gasteiger partial charge on any atom is -0.394 e. The molecule has 0 amide bonds. The van der Waals surface area contributed by atoms with Crippen LogP contribution in [0.15, 0.2) is 36.4 Å². The first-order chi connectivity index (χ1) is 9.17. The zero-order valence-electron chi connectivity index (χ0n) is 11.2. The van der Waals surface area contributed by atoms with Gasteiger partial charge in [0.25, 0.3) is 0 Å². The van der Waals surface area contributed by atoms with Gasteiger partial charge < -0.3 is 10.8 Å². The van der Waals surface area contributed by atoms with Crippen molar-refractivity contribution in [3.8, 4) is 0 Å². The molecular formula is C15H20N2OS. The average Bonchev–Trinajstić information content (AvgIpc) is 2.45. The second kappa shape index (κ2) is 6.37. The minimum absolute atomic E-state index is 0.0118. The number of fused-ring (bicyclic) bond motifs is 1. The van der Waals surface area contributed by atoms with E-state index >= 15 is 0 Å². The summed E-state index contributed by atoms with van der Waals surface area (Å²) < 4.78 is 0. The van der Waals surface area contributed by atoms with Gasteiger partial charge in [0.2, 0.25) is 0 Å². The van der Waals surface area contributed by atoms with E-state index in [4.69, 9.17) is 5.73 Å². The Morgan fingerprint density at radius 1 is 1.26 bits per heavy atom. The van der Waals surface area contributed by atoms with Gasteiger partial charge in [0.05, 0.1) is 12.1 Å². The molecule has 0 aliphatic carbocycles. The smallest absolute Gasteiger partial charge is 0.0705 e. The van der Waals surface area contributed by atoms with E-state index in [1.165, 1.54) is 0 Å². The van der Waals surface area contributed by atoms with Crippen molar-refractivity contribution in [2.24, 2.45) is 5.73 Å². The second-order valence-corrected chi connectivity index (χ2v) is 5.92. The number of nitrogens with two attached hydrogens (primary N) is 1. The maximum atomic E-state index is 9.52. The van der Waals surface area contributed by atoms with Crippen molar-refractivity contribution < 1.29 is 5.11 Å². The van der Waals surface area contributed by atoms with E-state index < -0.39 is 5.54 Å². The molecule has 0 bridgehead atoms. The molecule has 4 heteroatoms. The summed E-state index contributed by atoms with van der Waals surface area (Å²) in [6.45, 7) is -0.0118. The fourth-order valence-corrected chi connectivity index (χ4v) is 2.71. The largest absolute Gasteiger partial charge is 0.394 e. The van der Waals surface area contributed by atoms with E-state index in [1.54, 1.807) is 11.8 Å². The lowest BCUT2D eigenvalue weighted by atomic mass is 9.92. The molecule has 102 valence electrons. The summed E-state index contributed by atoms with van der Waals surface area (Å²) in [6, 6.07) is 12.1. The van der Waals surface area contributed by atoms with Crippen LogP contribution in [-0.2, 0) is 6.42 Å². The number of para-hydroxylation sites is 1. The summed E-state index contributed by atoms with van der Waals surface area (Å²) in [5.74, 6) is 0.949. The second-order valence-electron chi connectivity index (χ2n) is 4.94. The van der Waals surface area contributed by atoms with Gasteiger partial charge in [-0.2, -0.15) is 11.8 Å². The lowest BCUT2D eigenvalue weighted by Gasteiger charge is -2.26. The van der Waals surface area contributed by atoms with Gasteiger partial charge in [-0.25, -0.2) is 0 Å². The van der Waals surface area contributed by atoms with Gasteiger partial charge in [-0.05, 0) is 30.6 Å². The summed E-state index contributed by atoms with van der Waals surface area (Å²) in [7, 11) is 0. The number of benzene rings is 1. The molecule has 1 aromatic heterocycles. The molecule has 0 aliphatic rings. The highest BCUT2D eigenvalue weighted by molar-refractivity contribution is 7.98. The van der Waals surface area contributed by atoms with Gasteiger partial charge in [-0.3, -0.25) is 4.98 Å². The molecule has 0 unspecified atom stereocenters. The fraction of sp³-hybridized carbons (Fsp3) is 0.400. The number of aliphatic hydroxyl groups excluding tert-OH is 1. The molecule has 3 N–H and O–H groups in total. The van der Waals surface area contributed by atoms with E-state index in [0.29, 0.717) is 6.42 Å². The summed E-state index contributed by atoms with van der Waals surface area (Å²) in [5.41, 5.74) is 7.60. The van der Waals surface area contributed by atoms with E-state index in [1.807, 2.05) is 36.6 Å². The predicted molar refractivity (Wildman–Crippen MR) is 82.5 cm³/mol. The molecule has 1 atom stereocenters. The molecule has 0 radical (unpaired) electrons. The number of nitrogens with zero attached hydrogens (tertiary/aromatic N) is 1. The maximum Gasteiger partial charge on any atom is 0.0705 e. The quantitative estimate of drug-likeness (QED) is 0.849. The first-order valence-corrected chi connectivity index (χ1v) is 7.80. The average molecular weight is 276 g/mol. The molecule has 3 nitrogen and oxygen atoms in total. The zero-order chi connectivity index (χ0) is 13.7. The Morgan fingerprint density at radius 3 is 2.79 bits per heavy atom. The van der Waals surface area contributed by atoms with Crippen LogP contribution in [0.25, 0.3) is 10.9 Å². The van der Waals surface area contributed by atoms with Crippen molar-refractivity contribution in [3.63, 3.8) is 0 Å². The van der Waals surface area contributed by atoms with Crippen molar-refractivity contribution in [1.82, 2.24) is 4.98 Å². The van der Waals surface area contributed by atoms with Gasteiger partial charge >= 0.3 is 0 Å². The van der Waals surface area contributed by atoms with E-state index in [-0.39, 0.29) is 6.61 Å². The zero-order valence-corrected chi connectivity index (χ0v) is 12.0. The molecule has 0 fully saturated rings. The molecule has 2 aromatic rings. The monoisotopic (exact) mass is 276 g/mol. The fourth-order valence-electron chi connectivity index (χ4n) is 2.10. The molecule has 2 rings (SSSR count). The standard InChI is InChI=1S/C15H20N2OS/c1-19-9-8-15(16,11-18)10-13-7-6-12-4-2-3-5-14(12)17-13/h2-7,18H,8-11,16H2,1H3/t15-/m1/s1. The van der Waals surface area contributed by atoms with E-state index in [9.17, 15) is 5.11 Å². The number of aromatic nitrogens is 1. The van der Waals surface area contributed by atoms with Crippen LogP contribution in [0.4, 0.5) is 0 Å². The lowest BCUT2D eigenvalue weighted by molar-refractivity contribution is 0.190. The molecule has 0 saturated carbocycles. The molecule has 1 heterocycles.